The lowest BCUT2D eigenvalue weighted by molar-refractivity contribution is -0.138. The lowest BCUT2D eigenvalue weighted by atomic mass is 10.0. The van der Waals surface area contributed by atoms with Crippen molar-refractivity contribution in [2.24, 2.45) is 5.73 Å². The van der Waals surface area contributed by atoms with E-state index in [1.165, 1.54) is 24.0 Å². The third kappa shape index (κ3) is 5.19. The summed E-state index contributed by atoms with van der Waals surface area (Å²) < 4.78 is 37.8. The van der Waals surface area contributed by atoms with Crippen LogP contribution in [0, 0.1) is 0 Å². The van der Waals surface area contributed by atoms with Crippen molar-refractivity contribution in [2.75, 3.05) is 6.54 Å². The molecule has 1 aromatic carbocycles. The summed E-state index contributed by atoms with van der Waals surface area (Å²) in [6.45, 7) is 1.26. The number of β-amino-alcohol motifs (C(OH)–C–C–N with tert-alkyl or cyclic N) is 1. The van der Waals surface area contributed by atoms with Crippen LogP contribution in [-0.2, 0) is 27.0 Å². The van der Waals surface area contributed by atoms with Crippen molar-refractivity contribution in [3.8, 4) is 0 Å². The summed E-state index contributed by atoms with van der Waals surface area (Å²) in [5.41, 5.74) is 4.84. The molecule has 0 unspecified atom stereocenters. The van der Waals surface area contributed by atoms with Crippen molar-refractivity contribution >= 4 is 17.7 Å². The van der Waals surface area contributed by atoms with Crippen LogP contribution in [0.3, 0.4) is 0 Å². The number of nitrogens with one attached hydrogen (secondary N) is 1. The first-order valence-electron chi connectivity index (χ1n) is 8.20. The van der Waals surface area contributed by atoms with Crippen LogP contribution < -0.4 is 11.1 Å². The highest BCUT2D eigenvalue weighted by atomic mass is 19.4. The molecule has 148 valence electrons. The molecule has 0 aliphatic carbocycles. The Kier molecular flexibility index (Phi) is 6.09. The number of aliphatic hydroxyl groups excluding tert-OH is 1. The number of rotatable bonds is 5. The Hall–Kier alpha value is -2.62. The van der Waals surface area contributed by atoms with Crippen LogP contribution in [0.5, 0.6) is 0 Å². The van der Waals surface area contributed by atoms with E-state index < -0.39 is 47.6 Å². The Morgan fingerprint density at radius 3 is 2.37 bits per heavy atom. The summed E-state index contributed by atoms with van der Waals surface area (Å²) in [6.07, 6.45) is -5.41. The summed E-state index contributed by atoms with van der Waals surface area (Å²) in [7, 11) is 0. The number of nitrogens with zero attached hydrogens (tertiary/aromatic N) is 1. The van der Waals surface area contributed by atoms with Gasteiger partial charge in [-0.2, -0.15) is 13.2 Å². The zero-order valence-corrected chi connectivity index (χ0v) is 14.5. The van der Waals surface area contributed by atoms with Crippen molar-refractivity contribution in [3.05, 3.63) is 35.4 Å². The number of hydrogen-bond acceptors (Lipinski definition) is 4. The molecule has 10 heteroatoms. The fraction of sp³-hybridized carbons (Fsp3) is 0.471. The predicted octanol–water partition coefficient (Wildman–Crippen LogP) is 0.200. The molecule has 3 atom stereocenters. The Morgan fingerprint density at radius 2 is 1.89 bits per heavy atom. The maximum Gasteiger partial charge on any atom is 0.416 e. The molecule has 0 aromatic heterocycles. The van der Waals surface area contributed by atoms with Crippen LogP contribution in [0.2, 0.25) is 0 Å². The van der Waals surface area contributed by atoms with Crippen molar-refractivity contribution in [1.29, 1.82) is 0 Å². The van der Waals surface area contributed by atoms with Gasteiger partial charge in [0.15, 0.2) is 0 Å². The Bertz CT molecular complexity index is 721. The van der Waals surface area contributed by atoms with E-state index in [0.717, 1.165) is 12.1 Å². The summed E-state index contributed by atoms with van der Waals surface area (Å²) in [5.74, 6) is -1.92. The molecule has 1 aromatic rings. The molecule has 1 fully saturated rings. The molecule has 2 rings (SSSR count). The third-order valence-corrected chi connectivity index (χ3v) is 4.37. The minimum absolute atomic E-state index is 0.00750. The number of carbonyl (C=O) groups is 3. The van der Waals surface area contributed by atoms with Gasteiger partial charge in [0.05, 0.1) is 11.7 Å². The van der Waals surface area contributed by atoms with Crippen molar-refractivity contribution in [2.45, 2.75) is 44.1 Å². The summed E-state index contributed by atoms with van der Waals surface area (Å²) in [4.78, 5) is 36.9. The smallest absolute Gasteiger partial charge is 0.391 e. The lowest BCUT2D eigenvalue weighted by Crippen LogP contribution is -2.52. The quantitative estimate of drug-likeness (QED) is 0.670. The Morgan fingerprint density at radius 1 is 1.30 bits per heavy atom. The van der Waals surface area contributed by atoms with Crippen LogP contribution >= 0.6 is 0 Å². The summed E-state index contributed by atoms with van der Waals surface area (Å²) in [5, 5.41) is 12.1. The SMILES string of the molecule is CC(=O)N1C[C@H](O)C[C@H]1C(=O)N[C@@H](Cc1ccc(C(F)(F)F)cc1)C(N)=O. The highest BCUT2D eigenvalue weighted by molar-refractivity contribution is 5.91. The molecule has 0 bridgehead atoms. The van der Waals surface area contributed by atoms with Gasteiger partial charge in [0, 0.05) is 26.3 Å². The van der Waals surface area contributed by atoms with Crippen molar-refractivity contribution in [3.63, 3.8) is 0 Å². The zero-order chi connectivity index (χ0) is 20.4. The molecular weight excluding hydrogens is 367 g/mol. The second-order valence-electron chi connectivity index (χ2n) is 6.44. The maximum absolute atomic E-state index is 12.6. The molecule has 4 N–H and O–H groups in total. The van der Waals surface area contributed by atoms with Crippen LogP contribution in [0.1, 0.15) is 24.5 Å². The van der Waals surface area contributed by atoms with Gasteiger partial charge < -0.3 is 21.1 Å². The predicted molar refractivity (Wildman–Crippen MR) is 88.1 cm³/mol. The lowest BCUT2D eigenvalue weighted by Gasteiger charge is -2.24. The molecule has 7 nitrogen and oxygen atoms in total. The van der Waals surface area contributed by atoms with Crippen molar-refractivity contribution < 1.29 is 32.7 Å². The zero-order valence-electron chi connectivity index (χ0n) is 14.5. The standard InChI is InChI=1S/C17H20F3N3O4/c1-9(24)23-8-12(25)7-14(23)16(27)22-13(15(21)26)6-10-2-4-11(5-3-10)17(18,19)20/h2-5,12-14,25H,6-8H2,1H3,(H2,21,26)(H,22,27)/t12-,13+,14+/m1/s1. The number of nitrogens with two attached hydrogens (primary N) is 1. The van der Waals surface area contributed by atoms with E-state index in [0.29, 0.717) is 5.56 Å². The molecule has 3 amide bonds. The van der Waals surface area contributed by atoms with E-state index in [4.69, 9.17) is 5.73 Å². The average molecular weight is 387 g/mol. The van der Waals surface area contributed by atoms with E-state index in [1.807, 2.05) is 0 Å². The number of benzene rings is 1. The highest BCUT2D eigenvalue weighted by Crippen LogP contribution is 2.29. The second-order valence-corrected chi connectivity index (χ2v) is 6.44. The Labute approximate surface area is 153 Å². The number of halogens is 3. The molecule has 1 saturated heterocycles. The van der Waals surface area contributed by atoms with Gasteiger partial charge in [0.25, 0.3) is 0 Å². The number of hydrogen-bond donors (Lipinski definition) is 3. The van der Waals surface area contributed by atoms with E-state index in [-0.39, 0.29) is 19.4 Å². The van der Waals surface area contributed by atoms with E-state index >= 15 is 0 Å². The molecule has 0 saturated carbocycles. The molecule has 1 heterocycles. The number of aliphatic hydroxyl groups is 1. The number of primary amides is 1. The normalized spacial score (nSPS) is 21.0. The van der Waals surface area contributed by atoms with Gasteiger partial charge >= 0.3 is 6.18 Å². The summed E-state index contributed by atoms with van der Waals surface area (Å²) >= 11 is 0. The topological polar surface area (TPSA) is 113 Å². The van der Waals surface area contributed by atoms with E-state index in [2.05, 4.69) is 5.32 Å². The summed E-state index contributed by atoms with van der Waals surface area (Å²) in [6, 6.07) is 2.05. The van der Waals surface area contributed by atoms with E-state index in [9.17, 15) is 32.7 Å². The van der Waals surface area contributed by atoms with Crippen LogP contribution in [0.4, 0.5) is 13.2 Å². The van der Waals surface area contributed by atoms with Gasteiger partial charge in [-0.15, -0.1) is 0 Å². The molecule has 27 heavy (non-hydrogen) atoms. The Balaban J connectivity index is 2.08. The maximum atomic E-state index is 12.6. The van der Waals surface area contributed by atoms with Gasteiger partial charge in [-0.1, -0.05) is 12.1 Å². The fourth-order valence-corrected chi connectivity index (χ4v) is 2.97. The van der Waals surface area contributed by atoms with Gasteiger partial charge in [-0.3, -0.25) is 14.4 Å². The molecule has 0 radical (unpaired) electrons. The minimum atomic E-state index is -4.48. The van der Waals surface area contributed by atoms with Crippen LogP contribution in [-0.4, -0.2) is 52.5 Å². The average Bonchev–Trinajstić information content (AvgIpc) is 2.96. The first kappa shape index (κ1) is 20.7. The molecular formula is C17H20F3N3O4. The molecule has 1 aliphatic rings. The first-order valence-corrected chi connectivity index (χ1v) is 8.20. The van der Waals surface area contributed by atoms with Gasteiger partial charge in [0.2, 0.25) is 17.7 Å². The minimum Gasteiger partial charge on any atom is -0.391 e. The van der Waals surface area contributed by atoms with Crippen LogP contribution in [0.25, 0.3) is 0 Å². The molecule has 0 spiro atoms. The third-order valence-electron chi connectivity index (χ3n) is 4.37. The van der Waals surface area contributed by atoms with Crippen LogP contribution in [0.15, 0.2) is 24.3 Å². The van der Waals surface area contributed by atoms with Gasteiger partial charge in [-0.05, 0) is 17.7 Å². The fourth-order valence-electron chi connectivity index (χ4n) is 2.97. The van der Waals surface area contributed by atoms with Crippen molar-refractivity contribution in [1.82, 2.24) is 10.2 Å². The van der Waals surface area contributed by atoms with Gasteiger partial charge in [-0.25, -0.2) is 0 Å². The number of likely N-dealkylation sites (tertiary alicyclic amines) is 1. The largest absolute Gasteiger partial charge is 0.416 e. The monoisotopic (exact) mass is 387 g/mol. The molecule has 1 aliphatic heterocycles. The van der Waals surface area contributed by atoms with E-state index in [1.54, 1.807) is 0 Å². The number of carbonyl (C=O) groups excluding carboxylic acids is 3. The number of amides is 3. The first-order chi connectivity index (χ1) is 12.5. The highest BCUT2D eigenvalue weighted by Gasteiger charge is 2.38. The van der Waals surface area contributed by atoms with Gasteiger partial charge in [0.1, 0.15) is 12.1 Å². The number of alkyl halides is 3. The second kappa shape index (κ2) is 7.95.